The molecule has 0 bridgehead atoms. The first-order chi connectivity index (χ1) is 11.8. The van der Waals surface area contributed by atoms with Gasteiger partial charge in [0.1, 0.15) is 0 Å². The molecule has 0 saturated carbocycles. The number of hydrogen-bond acceptors (Lipinski definition) is 4. The molecule has 2 heterocycles. The van der Waals surface area contributed by atoms with Crippen LogP contribution < -0.4 is 10.5 Å². The van der Waals surface area contributed by atoms with Gasteiger partial charge in [-0.2, -0.15) is 0 Å². The normalized spacial score (nSPS) is 14.9. The average molecular weight is 335 g/mol. The van der Waals surface area contributed by atoms with Gasteiger partial charge in [0.05, 0.1) is 18.4 Å². The molecule has 1 aliphatic carbocycles. The molecular formula is C19H17N3O3. The van der Waals surface area contributed by atoms with Crippen LogP contribution in [0.15, 0.2) is 30.3 Å². The zero-order chi connectivity index (χ0) is 17.9. The molecule has 6 nitrogen and oxygen atoms in total. The van der Waals surface area contributed by atoms with E-state index in [1.54, 1.807) is 37.4 Å². The van der Waals surface area contributed by atoms with Gasteiger partial charge in [-0.15, -0.1) is 0 Å². The van der Waals surface area contributed by atoms with Crippen molar-refractivity contribution in [2.45, 2.75) is 19.3 Å². The lowest BCUT2D eigenvalue weighted by molar-refractivity contribution is 0.0998. The monoisotopic (exact) mass is 335 g/mol. The number of ether oxygens (including phenoxy) is 1. The van der Waals surface area contributed by atoms with Gasteiger partial charge in [0.25, 0.3) is 0 Å². The fourth-order valence-electron chi connectivity index (χ4n) is 3.52. The fraction of sp³-hybridized carbons (Fsp3) is 0.211. The minimum absolute atomic E-state index is 0.0856. The molecule has 1 aromatic carbocycles. The molecule has 3 N–H and O–H groups in total. The van der Waals surface area contributed by atoms with Gasteiger partial charge in [-0.05, 0) is 32.0 Å². The Balaban J connectivity index is 2.03. The third-order valence-corrected chi connectivity index (χ3v) is 4.85. The van der Waals surface area contributed by atoms with Crippen LogP contribution in [0.25, 0.3) is 10.9 Å². The lowest BCUT2D eigenvalue weighted by Gasteiger charge is -2.30. The number of nitrogens with zero attached hydrogens (tertiary/aromatic N) is 1. The highest BCUT2D eigenvalue weighted by atomic mass is 16.5. The van der Waals surface area contributed by atoms with E-state index in [9.17, 15) is 9.59 Å². The van der Waals surface area contributed by atoms with E-state index in [0.29, 0.717) is 33.8 Å². The van der Waals surface area contributed by atoms with Crippen molar-refractivity contribution in [1.82, 2.24) is 9.97 Å². The SMILES string of the molecule is COc1ccc2c(n1)C(C)(C)c1[nH]c3cc(C(N)=O)ccc3c1C2=O. The standard InChI is InChI=1S/C19H17N3O3/c1-19(2)16-11(6-7-13(22-16)25-3)15(23)14-10-5-4-9(18(20)24)8-12(10)21-17(14)19/h4-8,21H,1-3H3,(H2,20,24). The number of H-pyrrole nitrogens is 1. The van der Waals surface area contributed by atoms with Crippen molar-refractivity contribution in [2.75, 3.05) is 7.11 Å². The lowest BCUT2D eigenvalue weighted by Crippen LogP contribution is -2.31. The number of benzene rings is 1. The first kappa shape index (κ1) is 15.4. The Kier molecular flexibility index (Phi) is 3.03. The number of fused-ring (bicyclic) bond motifs is 4. The molecule has 0 saturated heterocycles. The predicted octanol–water partition coefficient (Wildman–Crippen LogP) is 2.54. The maximum Gasteiger partial charge on any atom is 0.248 e. The molecule has 3 aromatic rings. The molecular weight excluding hydrogens is 318 g/mol. The number of carbonyl (C=O) groups is 2. The van der Waals surface area contributed by atoms with Gasteiger partial charge < -0.3 is 15.5 Å². The molecule has 0 spiro atoms. The number of hydrogen-bond donors (Lipinski definition) is 2. The van der Waals surface area contributed by atoms with E-state index in [2.05, 4.69) is 9.97 Å². The van der Waals surface area contributed by atoms with E-state index in [1.807, 2.05) is 13.8 Å². The summed E-state index contributed by atoms with van der Waals surface area (Å²) < 4.78 is 5.21. The molecule has 25 heavy (non-hydrogen) atoms. The number of methoxy groups -OCH3 is 1. The van der Waals surface area contributed by atoms with E-state index >= 15 is 0 Å². The first-order valence-corrected chi connectivity index (χ1v) is 7.91. The Morgan fingerprint density at radius 2 is 2.00 bits per heavy atom. The molecule has 0 atom stereocenters. The summed E-state index contributed by atoms with van der Waals surface area (Å²) in [6, 6.07) is 8.53. The maximum atomic E-state index is 13.1. The Morgan fingerprint density at radius 3 is 2.68 bits per heavy atom. The maximum absolute atomic E-state index is 13.1. The quantitative estimate of drug-likeness (QED) is 0.752. The van der Waals surface area contributed by atoms with Crippen LogP contribution in [0, 0.1) is 0 Å². The van der Waals surface area contributed by atoms with Crippen LogP contribution in [0.3, 0.4) is 0 Å². The van der Waals surface area contributed by atoms with Crippen LogP contribution >= 0.6 is 0 Å². The number of nitrogens with one attached hydrogen (secondary N) is 1. The van der Waals surface area contributed by atoms with E-state index < -0.39 is 11.3 Å². The highest BCUT2D eigenvalue weighted by Crippen LogP contribution is 2.43. The largest absolute Gasteiger partial charge is 0.481 e. The zero-order valence-corrected chi connectivity index (χ0v) is 14.1. The zero-order valence-electron chi connectivity index (χ0n) is 14.1. The molecule has 4 rings (SSSR count). The van der Waals surface area contributed by atoms with E-state index in [4.69, 9.17) is 10.5 Å². The molecule has 0 fully saturated rings. The lowest BCUT2D eigenvalue weighted by atomic mass is 9.74. The van der Waals surface area contributed by atoms with Crippen LogP contribution in [0.4, 0.5) is 0 Å². The van der Waals surface area contributed by atoms with Crippen molar-refractivity contribution < 1.29 is 14.3 Å². The molecule has 0 radical (unpaired) electrons. The summed E-state index contributed by atoms with van der Waals surface area (Å²) in [5, 5.41) is 0.777. The van der Waals surface area contributed by atoms with Crippen molar-refractivity contribution in [3.8, 4) is 5.88 Å². The molecule has 1 amide bonds. The fourth-order valence-corrected chi connectivity index (χ4v) is 3.52. The smallest absolute Gasteiger partial charge is 0.248 e. The molecule has 6 heteroatoms. The summed E-state index contributed by atoms with van der Waals surface area (Å²) in [4.78, 5) is 32.4. The van der Waals surface area contributed by atoms with Crippen molar-refractivity contribution in [3.05, 3.63) is 58.4 Å². The Hall–Kier alpha value is -3.15. The Bertz CT molecular complexity index is 1060. The van der Waals surface area contributed by atoms with Gasteiger partial charge >= 0.3 is 0 Å². The third-order valence-electron chi connectivity index (χ3n) is 4.85. The van der Waals surface area contributed by atoms with Crippen LogP contribution in [0.5, 0.6) is 5.88 Å². The highest BCUT2D eigenvalue weighted by molar-refractivity contribution is 6.20. The van der Waals surface area contributed by atoms with Crippen molar-refractivity contribution >= 4 is 22.6 Å². The predicted molar refractivity (Wildman–Crippen MR) is 93.2 cm³/mol. The molecule has 126 valence electrons. The molecule has 0 unspecified atom stereocenters. The highest BCUT2D eigenvalue weighted by Gasteiger charge is 2.41. The number of carbonyl (C=O) groups excluding carboxylic acids is 2. The number of primary amides is 1. The second-order valence-electron chi connectivity index (χ2n) is 6.70. The van der Waals surface area contributed by atoms with Crippen LogP contribution in [0.1, 0.15) is 51.5 Å². The summed E-state index contributed by atoms with van der Waals surface area (Å²) in [6.45, 7) is 4.02. The Morgan fingerprint density at radius 1 is 1.24 bits per heavy atom. The van der Waals surface area contributed by atoms with Gasteiger partial charge in [0, 0.05) is 39.2 Å². The summed E-state index contributed by atoms with van der Waals surface area (Å²) >= 11 is 0. The van der Waals surface area contributed by atoms with Gasteiger partial charge in [-0.3, -0.25) is 9.59 Å². The summed E-state index contributed by atoms with van der Waals surface area (Å²) in [7, 11) is 1.55. The number of pyridine rings is 1. The summed E-state index contributed by atoms with van der Waals surface area (Å²) in [5.74, 6) is -0.123. The van der Waals surface area contributed by atoms with Crippen molar-refractivity contribution in [3.63, 3.8) is 0 Å². The van der Waals surface area contributed by atoms with Gasteiger partial charge in [-0.25, -0.2) is 4.98 Å². The Labute approximate surface area is 144 Å². The number of ketones is 1. The summed E-state index contributed by atoms with van der Waals surface area (Å²) in [6.07, 6.45) is 0. The van der Waals surface area contributed by atoms with Crippen molar-refractivity contribution in [2.24, 2.45) is 5.73 Å². The van der Waals surface area contributed by atoms with E-state index in [-0.39, 0.29) is 5.78 Å². The molecule has 1 aliphatic rings. The van der Waals surface area contributed by atoms with Crippen LogP contribution in [-0.2, 0) is 5.41 Å². The minimum atomic E-state index is -0.515. The van der Waals surface area contributed by atoms with Crippen molar-refractivity contribution in [1.29, 1.82) is 0 Å². The number of amides is 1. The van der Waals surface area contributed by atoms with Crippen LogP contribution in [-0.4, -0.2) is 28.8 Å². The average Bonchev–Trinajstić information content (AvgIpc) is 2.99. The number of rotatable bonds is 2. The third kappa shape index (κ3) is 2.00. The van der Waals surface area contributed by atoms with Crippen LogP contribution in [0.2, 0.25) is 0 Å². The summed E-state index contributed by atoms with van der Waals surface area (Å²) in [5.41, 5.74) is 8.60. The second kappa shape index (κ2) is 4.92. The minimum Gasteiger partial charge on any atom is -0.481 e. The number of aromatic amines is 1. The number of aromatic nitrogens is 2. The molecule has 2 aromatic heterocycles. The second-order valence-corrected chi connectivity index (χ2v) is 6.70. The number of nitrogens with two attached hydrogens (primary N) is 1. The van der Waals surface area contributed by atoms with Gasteiger partial charge in [0.15, 0.2) is 5.78 Å². The van der Waals surface area contributed by atoms with Gasteiger partial charge in [-0.1, -0.05) is 6.07 Å². The van der Waals surface area contributed by atoms with E-state index in [1.165, 1.54) is 0 Å². The topological polar surface area (TPSA) is 98.1 Å². The molecule has 0 aliphatic heterocycles. The van der Waals surface area contributed by atoms with Gasteiger partial charge in [0.2, 0.25) is 11.8 Å². The van der Waals surface area contributed by atoms with E-state index in [0.717, 1.165) is 11.1 Å². The first-order valence-electron chi connectivity index (χ1n) is 7.91.